The van der Waals surface area contributed by atoms with E-state index in [1.165, 1.54) is 18.2 Å². The van der Waals surface area contributed by atoms with E-state index >= 15 is 0 Å². The van der Waals surface area contributed by atoms with Crippen molar-refractivity contribution in [1.82, 2.24) is 4.73 Å². The Bertz CT molecular complexity index is 989. The van der Waals surface area contributed by atoms with Gasteiger partial charge in [0, 0.05) is 5.56 Å². The van der Waals surface area contributed by atoms with Crippen LogP contribution in [0, 0.1) is 0 Å². The first-order valence-electron chi connectivity index (χ1n) is 5.38. The molecule has 1 aliphatic carbocycles. The molecule has 6 heteroatoms. The van der Waals surface area contributed by atoms with Gasteiger partial charge in [-0.2, -0.15) is 0 Å². The molecule has 94 valence electrons. The first-order chi connectivity index (χ1) is 9.06. The van der Waals surface area contributed by atoms with Gasteiger partial charge in [0.2, 0.25) is 0 Å². The van der Waals surface area contributed by atoms with E-state index in [9.17, 15) is 19.6 Å². The summed E-state index contributed by atoms with van der Waals surface area (Å²) < 4.78 is -0.0150. The fourth-order valence-corrected chi connectivity index (χ4v) is 2.28. The lowest BCUT2D eigenvalue weighted by atomic mass is 9.95. The van der Waals surface area contributed by atoms with Gasteiger partial charge in [-0.25, -0.2) is 0 Å². The highest BCUT2D eigenvalue weighted by atomic mass is 16.5. The Morgan fingerprint density at radius 3 is 2.42 bits per heavy atom. The van der Waals surface area contributed by atoms with Crippen molar-refractivity contribution in [3.63, 3.8) is 0 Å². The molecule has 1 aromatic rings. The molecule has 6 nitrogen and oxygen atoms in total. The molecule has 1 aliphatic heterocycles. The van der Waals surface area contributed by atoms with Gasteiger partial charge in [-0.1, -0.05) is 12.1 Å². The first kappa shape index (κ1) is 11.2. The third-order valence-corrected chi connectivity index (χ3v) is 3.14. The van der Waals surface area contributed by atoms with Crippen LogP contribution in [0.2, 0.25) is 0 Å². The van der Waals surface area contributed by atoms with Crippen molar-refractivity contribution in [2.75, 3.05) is 0 Å². The molecule has 0 bridgehead atoms. The Balaban J connectivity index is 2.87. The SMILES string of the molecule is O=c1cc2c(=O)n(O)c(=O)c3cccc(c3-2)c1=CO. The minimum atomic E-state index is -0.949. The fourth-order valence-electron chi connectivity index (χ4n) is 2.28. The summed E-state index contributed by atoms with van der Waals surface area (Å²) in [6.07, 6.45) is 0.644. The molecular formula is C13H7NO5. The highest BCUT2D eigenvalue weighted by Crippen LogP contribution is 2.23. The minimum absolute atomic E-state index is 0.00703. The second-order valence-electron chi connectivity index (χ2n) is 4.12. The third-order valence-electron chi connectivity index (χ3n) is 3.14. The van der Waals surface area contributed by atoms with E-state index in [0.717, 1.165) is 6.07 Å². The number of hydrogen-bond donors (Lipinski definition) is 2. The second-order valence-corrected chi connectivity index (χ2v) is 4.12. The Labute approximate surface area is 104 Å². The summed E-state index contributed by atoms with van der Waals surface area (Å²) >= 11 is 0. The maximum absolute atomic E-state index is 11.8. The van der Waals surface area contributed by atoms with Gasteiger partial charge in [0.05, 0.1) is 22.4 Å². The van der Waals surface area contributed by atoms with Crippen LogP contribution in [-0.4, -0.2) is 15.0 Å². The van der Waals surface area contributed by atoms with Crippen LogP contribution in [-0.2, 0) is 0 Å². The van der Waals surface area contributed by atoms with Gasteiger partial charge < -0.3 is 10.3 Å². The maximum Gasteiger partial charge on any atom is 0.294 e. The molecule has 1 heterocycles. The van der Waals surface area contributed by atoms with Crippen LogP contribution in [0.4, 0.5) is 0 Å². The van der Waals surface area contributed by atoms with Gasteiger partial charge in [-0.05, 0) is 17.5 Å². The smallest absolute Gasteiger partial charge is 0.294 e. The maximum atomic E-state index is 11.8. The number of rotatable bonds is 0. The van der Waals surface area contributed by atoms with Crippen LogP contribution in [0.25, 0.3) is 28.2 Å². The molecule has 0 aromatic heterocycles. The number of hydrogen-bond acceptors (Lipinski definition) is 5. The van der Waals surface area contributed by atoms with Crippen molar-refractivity contribution < 1.29 is 10.3 Å². The van der Waals surface area contributed by atoms with Gasteiger partial charge in [0.25, 0.3) is 11.1 Å². The van der Waals surface area contributed by atoms with Gasteiger partial charge >= 0.3 is 0 Å². The van der Waals surface area contributed by atoms with Crippen LogP contribution >= 0.6 is 0 Å². The highest BCUT2D eigenvalue weighted by Gasteiger charge is 2.20. The van der Waals surface area contributed by atoms with Crippen molar-refractivity contribution >= 4 is 17.0 Å². The average molecular weight is 257 g/mol. The second kappa shape index (κ2) is 3.55. The number of nitrogens with zero attached hydrogens (tertiary/aromatic N) is 1. The van der Waals surface area contributed by atoms with Crippen LogP contribution in [0.3, 0.4) is 0 Å². The monoisotopic (exact) mass is 257 g/mol. The van der Waals surface area contributed by atoms with Crippen molar-refractivity contribution in [2.24, 2.45) is 0 Å². The molecule has 2 aliphatic rings. The fraction of sp³-hybridized carbons (Fsp3) is 0. The van der Waals surface area contributed by atoms with E-state index in [1.54, 1.807) is 0 Å². The van der Waals surface area contributed by atoms with E-state index in [2.05, 4.69) is 0 Å². The summed E-state index contributed by atoms with van der Waals surface area (Å²) in [5, 5.41) is 19.0. The summed E-state index contributed by atoms with van der Waals surface area (Å²) in [6.45, 7) is 0. The molecule has 19 heavy (non-hydrogen) atoms. The standard InChI is InChI=1S/C13H7NO5/c15-5-9-6-2-1-3-7-11(6)8(4-10(9)16)13(18)14(19)12(7)17/h1-5,15,19H. The molecular weight excluding hydrogens is 250 g/mol. The normalized spacial score (nSPS) is 12.5. The van der Waals surface area contributed by atoms with E-state index in [4.69, 9.17) is 5.11 Å². The zero-order chi connectivity index (χ0) is 13.7. The van der Waals surface area contributed by atoms with Crippen molar-refractivity contribution in [3.8, 4) is 11.1 Å². The summed E-state index contributed by atoms with van der Waals surface area (Å²) in [6, 6.07) is 5.48. The van der Waals surface area contributed by atoms with Crippen LogP contribution < -0.4 is 21.8 Å². The van der Waals surface area contributed by atoms with Gasteiger partial charge in [0.15, 0.2) is 5.43 Å². The topological polar surface area (TPSA) is 96.6 Å². The molecule has 1 aromatic carbocycles. The number of aliphatic hydroxyl groups excluding tert-OH is 1. The quantitative estimate of drug-likeness (QED) is 0.530. The zero-order valence-electron chi connectivity index (χ0n) is 9.45. The molecule has 0 radical (unpaired) electrons. The van der Waals surface area contributed by atoms with E-state index in [0.29, 0.717) is 11.6 Å². The third kappa shape index (κ3) is 1.28. The Kier molecular flexibility index (Phi) is 2.10. The lowest BCUT2D eigenvalue weighted by Gasteiger charge is -2.10. The number of aromatic nitrogens is 1. The molecule has 0 amide bonds. The molecule has 0 saturated heterocycles. The van der Waals surface area contributed by atoms with Gasteiger partial charge in [0.1, 0.15) is 0 Å². The molecule has 3 rings (SSSR count). The summed E-state index contributed by atoms with van der Waals surface area (Å²) in [5.41, 5.74) is -2.15. The van der Waals surface area contributed by atoms with E-state index < -0.39 is 16.5 Å². The van der Waals surface area contributed by atoms with Crippen LogP contribution in [0.15, 0.2) is 38.6 Å². The number of benzene rings is 2. The molecule has 2 N–H and O–H groups in total. The van der Waals surface area contributed by atoms with Crippen molar-refractivity contribution in [1.29, 1.82) is 0 Å². The molecule has 0 atom stereocenters. The van der Waals surface area contributed by atoms with E-state index in [-0.39, 0.29) is 26.5 Å². The molecule has 0 saturated carbocycles. The largest absolute Gasteiger partial charge is 0.515 e. The van der Waals surface area contributed by atoms with Crippen molar-refractivity contribution in [2.45, 2.75) is 0 Å². The zero-order valence-corrected chi connectivity index (χ0v) is 9.45. The highest BCUT2D eigenvalue weighted by molar-refractivity contribution is 5.97. The lowest BCUT2D eigenvalue weighted by molar-refractivity contribution is 0.167. The summed E-state index contributed by atoms with van der Waals surface area (Å²) in [7, 11) is 0. The van der Waals surface area contributed by atoms with Gasteiger partial charge in [-0.15, -0.1) is 4.73 Å². The van der Waals surface area contributed by atoms with Gasteiger partial charge in [-0.3, -0.25) is 14.4 Å². The molecule has 0 unspecified atom stereocenters. The molecule has 0 fully saturated rings. The lowest BCUT2D eigenvalue weighted by Crippen LogP contribution is -2.36. The minimum Gasteiger partial charge on any atom is -0.515 e. The Morgan fingerprint density at radius 2 is 1.74 bits per heavy atom. The summed E-state index contributed by atoms with van der Waals surface area (Å²) in [5.74, 6) is 0. The van der Waals surface area contributed by atoms with Crippen molar-refractivity contribution in [3.05, 3.63) is 60.4 Å². The number of pyridine rings is 1. The van der Waals surface area contributed by atoms with Crippen LogP contribution in [0.5, 0.6) is 0 Å². The number of aliphatic hydroxyl groups is 1. The van der Waals surface area contributed by atoms with Crippen LogP contribution in [0.1, 0.15) is 0 Å². The molecule has 0 spiro atoms. The first-order valence-corrected chi connectivity index (χ1v) is 5.38. The Hall–Kier alpha value is -2.89. The van der Waals surface area contributed by atoms with E-state index in [1.807, 2.05) is 0 Å². The summed E-state index contributed by atoms with van der Waals surface area (Å²) in [4.78, 5) is 35.4. The average Bonchev–Trinajstić information content (AvgIpc) is 2.42. The Morgan fingerprint density at radius 1 is 1.05 bits per heavy atom. The predicted octanol–water partition coefficient (Wildman–Crippen LogP) is -0.483. The predicted molar refractivity (Wildman–Crippen MR) is 68.1 cm³/mol.